The molecule has 0 unspecified atom stereocenters. The molecule has 0 radical (unpaired) electrons. The van der Waals surface area contributed by atoms with Crippen molar-refractivity contribution in [2.24, 2.45) is 0 Å². The molecule has 0 saturated carbocycles. The smallest absolute Gasteiger partial charge is 0.496 e. The maximum absolute atomic E-state index is 13.9. The van der Waals surface area contributed by atoms with Crippen molar-refractivity contribution in [2.45, 2.75) is 19.0 Å². The Morgan fingerprint density at radius 1 is 0.628 bits per heavy atom. The molecule has 4 aromatic rings. The van der Waals surface area contributed by atoms with Gasteiger partial charge in [-0.1, -0.05) is 66.7 Å². The third kappa shape index (κ3) is 9.30. The first-order chi connectivity index (χ1) is 21.0. The van der Waals surface area contributed by atoms with Crippen molar-refractivity contribution in [3.05, 3.63) is 119 Å². The van der Waals surface area contributed by atoms with Gasteiger partial charge < -0.3 is 23.5 Å². The summed E-state index contributed by atoms with van der Waals surface area (Å²) in [5.41, 5.74) is 3.38. The number of hydrogen-bond donors (Lipinski definition) is 0. The highest BCUT2D eigenvalue weighted by Crippen LogP contribution is 2.53. The van der Waals surface area contributed by atoms with Gasteiger partial charge >= 0.3 is 7.82 Å². The summed E-state index contributed by atoms with van der Waals surface area (Å²) in [6, 6.07) is 27.9. The highest BCUT2D eigenvalue weighted by molar-refractivity contribution is 8.01. The number of thioether (sulfide) groups is 1. The van der Waals surface area contributed by atoms with Crippen molar-refractivity contribution in [1.29, 1.82) is 0 Å². The lowest BCUT2D eigenvalue weighted by Gasteiger charge is -2.20. The summed E-state index contributed by atoms with van der Waals surface area (Å²) in [7, 11) is 2.25. The van der Waals surface area contributed by atoms with E-state index in [9.17, 15) is 4.57 Å². The van der Waals surface area contributed by atoms with Crippen LogP contribution in [0.3, 0.4) is 0 Å². The molecule has 0 aliphatic heterocycles. The maximum atomic E-state index is 13.9. The first kappa shape index (κ1) is 32.0. The van der Waals surface area contributed by atoms with E-state index < -0.39 is 7.82 Å². The van der Waals surface area contributed by atoms with Gasteiger partial charge in [0.05, 0.1) is 47.2 Å². The van der Waals surface area contributed by atoms with Gasteiger partial charge in [-0.05, 0) is 40.3 Å². The van der Waals surface area contributed by atoms with Crippen molar-refractivity contribution < 1.29 is 37.1 Å². The predicted octanol–water partition coefficient (Wildman–Crippen LogP) is 8.55. The van der Waals surface area contributed by atoms with Gasteiger partial charge in [-0.3, -0.25) is 9.05 Å². The third-order valence-corrected chi connectivity index (χ3v) is 8.38. The first-order valence-electron chi connectivity index (χ1n) is 13.4. The molecular weight excluding hydrogens is 587 g/mol. The van der Waals surface area contributed by atoms with Crippen molar-refractivity contribution in [2.75, 3.05) is 28.4 Å². The SMILES string of the molecule is COc1cc(OC)c(/C=C\SCc2ccc(OC)c(OP(=O)(OCc3ccccc3)OCc3ccccc3)c2)c(OC)c1. The molecule has 8 nitrogen and oxygen atoms in total. The molecule has 4 aromatic carbocycles. The zero-order valence-corrected chi connectivity index (χ0v) is 26.3. The van der Waals surface area contributed by atoms with Crippen LogP contribution >= 0.6 is 19.6 Å². The minimum Gasteiger partial charge on any atom is -0.496 e. The summed E-state index contributed by atoms with van der Waals surface area (Å²) in [5, 5.41) is 1.95. The second kappa shape index (κ2) is 16.1. The van der Waals surface area contributed by atoms with Gasteiger partial charge in [0.15, 0.2) is 11.5 Å². The summed E-state index contributed by atoms with van der Waals surface area (Å²) in [5.74, 6) is 3.17. The van der Waals surface area contributed by atoms with Crippen LogP contribution in [-0.2, 0) is 32.6 Å². The van der Waals surface area contributed by atoms with Gasteiger partial charge in [0, 0.05) is 17.9 Å². The van der Waals surface area contributed by atoms with Crippen LogP contribution in [0.4, 0.5) is 0 Å². The molecule has 4 rings (SSSR count). The summed E-state index contributed by atoms with van der Waals surface area (Å²) in [6.07, 6.45) is 1.92. The Kier molecular flexibility index (Phi) is 12.0. The molecule has 0 fully saturated rings. The summed E-state index contributed by atoms with van der Waals surface area (Å²) in [6.45, 7) is 0.0989. The van der Waals surface area contributed by atoms with Crippen molar-refractivity contribution in [3.8, 4) is 28.7 Å². The van der Waals surface area contributed by atoms with E-state index >= 15 is 0 Å². The molecule has 0 heterocycles. The number of methoxy groups -OCH3 is 4. The molecular formula is C33H35O8PS. The Hall–Kier alpha value is -3.88. The lowest BCUT2D eigenvalue weighted by Crippen LogP contribution is -2.05. The lowest BCUT2D eigenvalue weighted by molar-refractivity contribution is 0.142. The summed E-state index contributed by atoms with van der Waals surface area (Å²) < 4.78 is 53.4. The minimum absolute atomic E-state index is 0.0494. The Balaban J connectivity index is 1.50. The first-order valence-corrected chi connectivity index (χ1v) is 15.9. The predicted molar refractivity (Wildman–Crippen MR) is 170 cm³/mol. The van der Waals surface area contributed by atoms with Crippen LogP contribution < -0.4 is 23.5 Å². The van der Waals surface area contributed by atoms with E-state index in [0.29, 0.717) is 28.8 Å². The normalized spacial score (nSPS) is 11.3. The maximum Gasteiger partial charge on any atom is 0.530 e. The van der Waals surface area contributed by atoms with Crippen LogP contribution in [0.5, 0.6) is 28.7 Å². The van der Waals surface area contributed by atoms with Gasteiger partial charge in [0.2, 0.25) is 0 Å². The average Bonchev–Trinajstić information content (AvgIpc) is 3.05. The minimum atomic E-state index is -4.07. The molecule has 0 N–H and O–H groups in total. The molecule has 0 bridgehead atoms. The van der Waals surface area contributed by atoms with Crippen LogP contribution in [0.15, 0.2) is 96.4 Å². The molecule has 0 aliphatic carbocycles. The largest absolute Gasteiger partial charge is 0.530 e. The Morgan fingerprint density at radius 3 is 1.70 bits per heavy atom. The fourth-order valence-electron chi connectivity index (χ4n) is 4.01. The van der Waals surface area contributed by atoms with E-state index in [4.69, 9.17) is 32.5 Å². The second-order valence-electron chi connectivity index (χ2n) is 9.10. The monoisotopic (exact) mass is 622 g/mol. The Labute approximate surface area is 257 Å². The Morgan fingerprint density at radius 2 is 1.19 bits per heavy atom. The molecule has 10 heteroatoms. The van der Waals surface area contributed by atoms with E-state index in [1.54, 1.807) is 57.4 Å². The quantitative estimate of drug-likeness (QED) is 0.114. The van der Waals surface area contributed by atoms with Gasteiger partial charge in [-0.15, -0.1) is 11.8 Å². The van der Waals surface area contributed by atoms with Crippen LogP contribution in [0, 0.1) is 0 Å². The van der Waals surface area contributed by atoms with E-state index in [1.165, 1.54) is 7.11 Å². The van der Waals surface area contributed by atoms with Crippen molar-refractivity contribution >= 4 is 25.7 Å². The summed E-state index contributed by atoms with van der Waals surface area (Å²) >= 11 is 1.55. The Bertz CT molecular complexity index is 1460. The zero-order valence-electron chi connectivity index (χ0n) is 24.6. The number of ether oxygens (including phenoxy) is 4. The third-order valence-electron chi connectivity index (χ3n) is 6.24. The van der Waals surface area contributed by atoms with Gasteiger partial charge in [-0.2, -0.15) is 0 Å². The van der Waals surface area contributed by atoms with Crippen molar-refractivity contribution in [1.82, 2.24) is 0 Å². The van der Waals surface area contributed by atoms with Gasteiger partial charge in [0.1, 0.15) is 17.2 Å². The van der Waals surface area contributed by atoms with Crippen LogP contribution in [0.1, 0.15) is 22.3 Å². The molecule has 0 saturated heterocycles. The van der Waals surface area contributed by atoms with Gasteiger partial charge in [0.25, 0.3) is 0 Å². The fourth-order valence-corrected chi connectivity index (χ4v) is 5.88. The van der Waals surface area contributed by atoms with E-state index in [-0.39, 0.29) is 19.0 Å². The molecule has 43 heavy (non-hydrogen) atoms. The van der Waals surface area contributed by atoms with Crippen LogP contribution in [0.2, 0.25) is 0 Å². The van der Waals surface area contributed by atoms with E-state index in [0.717, 1.165) is 22.3 Å². The van der Waals surface area contributed by atoms with Crippen LogP contribution in [0.25, 0.3) is 6.08 Å². The molecule has 0 aromatic heterocycles. The number of benzene rings is 4. The van der Waals surface area contributed by atoms with E-state index in [2.05, 4.69) is 0 Å². The van der Waals surface area contributed by atoms with E-state index in [1.807, 2.05) is 78.2 Å². The number of rotatable bonds is 16. The van der Waals surface area contributed by atoms with Crippen LogP contribution in [-0.4, -0.2) is 28.4 Å². The fraction of sp³-hybridized carbons (Fsp3) is 0.212. The lowest BCUT2D eigenvalue weighted by atomic mass is 10.1. The molecule has 226 valence electrons. The number of phosphoric ester groups is 1. The average molecular weight is 623 g/mol. The molecule has 0 atom stereocenters. The number of hydrogen-bond acceptors (Lipinski definition) is 9. The second-order valence-corrected chi connectivity index (χ2v) is 11.6. The molecule has 0 spiro atoms. The molecule has 0 amide bonds. The summed E-state index contributed by atoms with van der Waals surface area (Å²) in [4.78, 5) is 0. The highest BCUT2D eigenvalue weighted by atomic mass is 32.2. The topological polar surface area (TPSA) is 81.7 Å². The standard InChI is InChI=1S/C33H35O8PS/c1-35-28-20-31(37-3)29(32(21-28)38-4)17-18-43-24-27-15-16-30(36-2)33(19-27)41-42(34,39-22-25-11-7-5-8-12-25)40-23-26-13-9-6-10-14-26/h5-21H,22-24H2,1-4H3/b18-17-. The number of phosphoric acid groups is 1. The van der Waals surface area contributed by atoms with Gasteiger partial charge in [-0.25, -0.2) is 4.57 Å². The zero-order chi connectivity index (χ0) is 30.5. The molecule has 0 aliphatic rings. The highest BCUT2D eigenvalue weighted by Gasteiger charge is 2.30. The van der Waals surface area contributed by atoms with Crippen molar-refractivity contribution in [3.63, 3.8) is 0 Å².